The number of pyridine rings is 1. The number of nitrogens with zero attached hydrogens (tertiary/aromatic N) is 1. The monoisotopic (exact) mass is 434 g/mol. The van der Waals surface area contributed by atoms with Crippen molar-refractivity contribution < 1.29 is 9.53 Å². The SMILES string of the molecule is CCCCC/C(=C\C(C)=C\C(=O)N[C@H](C)CCCc1cccnc1)c1ccc(OC)cc1. The van der Waals surface area contributed by atoms with Crippen LogP contribution in [0.15, 0.2) is 66.5 Å². The molecule has 2 aromatic rings. The molecule has 0 saturated heterocycles. The molecule has 0 saturated carbocycles. The summed E-state index contributed by atoms with van der Waals surface area (Å²) < 4.78 is 5.28. The molecule has 0 spiro atoms. The average Bonchev–Trinajstić information content (AvgIpc) is 2.79. The average molecular weight is 435 g/mol. The summed E-state index contributed by atoms with van der Waals surface area (Å²) in [6.45, 7) is 6.27. The smallest absolute Gasteiger partial charge is 0.244 e. The standard InChI is InChI=1S/C28H38N2O2/c1-5-6-7-13-26(25-14-16-27(32-4)17-15-25)19-22(2)20-28(31)30-23(3)10-8-11-24-12-9-18-29-21-24/h9,12,14-21,23H,5-8,10-11,13H2,1-4H3,(H,30,31)/b22-20+,26-19+/t23-/m1/s1. The molecule has 0 aliphatic heterocycles. The van der Waals surface area contributed by atoms with E-state index >= 15 is 0 Å². The van der Waals surface area contributed by atoms with Gasteiger partial charge in [-0.05, 0) is 86.4 Å². The second kappa shape index (κ2) is 14.2. The number of hydrogen-bond acceptors (Lipinski definition) is 3. The van der Waals surface area contributed by atoms with Crippen LogP contribution >= 0.6 is 0 Å². The van der Waals surface area contributed by atoms with Crippen LogP contribution in [0, 0.1) is 0 Å². The lowest BCUT2D eigenvalue weighted by Crippen LogP contribution is -2.31. The lowest BCUT2D eigenvalue weighted by molar-refractivity contribution is -0.117. The number of hydrogen-bond donors (Lipinski definition) is 1. The van der Waals surface area contributed by atoms with Crippen LogP contribution in [0.25, 0.3) is 5.57 Å². The minimum atomic E-state index is -0.0322. The fourth-order valence-electron chi connectivity index (χ4n) is 3.71. The van der Waals surface area contributed by atoms with Crippen LogP contribution in [0.2, 0.25) is 0 Å². The van der Waals surface area contributed by atoms with Gasteiger partial charge in [0.25, 0.3) is 0 Å². The molecule has 0 aliphatic carbocycles. The molecule has 1 amide bonds. The van der Waals surface area contributed by atoms with E-state index in [1.807, 2.05) is 31.3 Å². The second-order valence-corrected chi connectivity index (χ2v) is 8.41. The molecular formula is C28H38N2O2. The number of benzene rings is 1. The zero-order valence-corrected chi connectivity index (χ0v) is 20.1. The van der Waals surface area contributed by atoms with Crippen molar-refractivity contribution >= 4 is 11.5 Å². The summed E-state index contributed by atoms with van der Waals surface area (Å²) in [6, 6.07) is 12.4. The Bertz CT molecular complexity index is 870. The predicted octanol–water partition coefficient (Wildman–Crippen LogP) is 6.53. The van der Waals surface area contributed by atoms with Gasteiger partial charge in [0.2, 0.25) is 5.91 Å². The molecule has 1 heterocycles. The first-order valence-corrected chi connectivity index (χ1v) is 11.7. The maximum Gasteiger partial charge on any atom is 0.244 e. The van der Waals surface area contributed by atoms with Gasteiger partial charge in [0, 0.05) is 24.5 Å². The Hall–Kier alpha value is -2.88. The van der Waals surface area contributed by atoms with Crippen molar-refractivity contribution in [3.63, 3.8) is 0 Å². The Morgan fingerprint density at radius 3 is 2.56 bits per heavy atom. The van der Waals surface area contributed by atoms with E-state index in [0.717, 1.165) is 43.4 Å². The van der Waals surface area contributed by atoms with Gasteiger partial charge in [0.05, 0.1) is 7.11 Å². The van der Waals surface area contributed by atoms with Crippen molar-refractivity contribution in [1.82, 2.24) is 10.3 Å². The minimum absolute atomic E-state index is 0.0322. The number of amides is 1. The molecular weight excluding hydrogens is 396 g/mol. The van der Waals surface area contributed by atoms with E-state index in [9.17, 15) is 4.79 Å². The van der Waals surface area contributed by atoms with E-state index in [4.69, 9.17) is 4.74 Å². The van der Waals surface area contributed by atoms with E-state index in [0.29, 0.717) is 0 Å². The van der Waals surface area contributed by atoms with Gasteiger partial charge in [-0.15, -0.1) is 0 Å². The third-order valence-corrected chi connectivity index (χ3v) is 5.49. The molecule has 1 aromatic carbocycles. The van der Waals surface area contributed by atoms with Gasteiger partial charge in [-0.3, -0.25) is 9.78 Å². The number of ether oxygens (including phenoxy) is 1. The molecule has 172 valence electrons. The largest absolute Gasteiger partial charge is 0.497 e. The minimum Gasteiger partial charge on any atom is -0.497 e. The Balaban J connectivity index is 1.94. The molecule has 0 radical (unpaired) electrons. The zero-order chi connectivity index (χ0) is 23.2. The van der Waals surface area contributed by atoms with Crippen molar-refractivity contribution in [3.05, 3.63) is 77.6 Å². The first kappa shape index (κ1) is 25.4. The van der Waals surface area contributed by atoms with E-state index in [2.05, 4.69) is 48.4 Å². The Labute approximate surface area is 193 Å². The molecule has 1 atom stereocenters. The highest BCUT2D eigenvalue weighted by Crippen LogP contribution is 2.25. The van der Waals surface area contributed by atoms with Gasteiger partial charge in [-0.25, -0.2) is 0 Å². The number of nitrogens with one attached hydrogen (secondary N) is 1. The van der Waals surface area contributed by atoms with Crippen molar-refractivity contribution in [2.75, 3.05) is 7.11 Å². The van der Waals surface area contributed by atoms with Gasteiger partial charge in [-0.2, -0.15) is 0 Å². The van der Waals surface area contributed by atoms with Gasteiger partial charge in [0.1, 0.15) is 5.75 Å². The number of carbonyl (C=O) groups excluding carboxylic acids is 1. The number of aromatic nitrogens is 1. The van der Waals surface area contributed by atoms with E-state index in [1.54, 1.807) is 19.4 Å². The summed E-state index contributed by atoms with van der Waals surface area (Å²) in [5.41, 5.74) is 4.64. The first-order chi connectivity index (χ1) is 15.5. The maximum atomic E-state index is 12.5. The summed E-state index contributed by atoms with van der Waals surface area (Å²) >= 11 is 0. The molecule has 1 aromatic heterocycles. The molecule has 32 heavy (non-hydrogen) atoms. The number of allylic oxidation sites excluding steroid dienone is 3. The summed E-state index contributed by atoms with van der Waals surface area (Å²) in [7, 11) is 1.68. The molecule has 4 nitrogen and oxygen atoms in total. The van der Waals surface area contributed by atoms with Crippen LogP contribution in [0.3, 0.4) is 0 Å². The van der Waals surface area contributed by atoms with E-state index in [1.165, 1.54) is 29.5 Å². The van der Waals surface area contributed by atoms with Gasteiger partial charge < -0.3 is 10.1 Å². The summed E-state index contributed by atoms with van der Waals surface area (Å²) in [4.78, 5) is 16.7. The van der Waals surface area contributed by atoms with Crippen LogP contribution in [0.1, 0.15) is 70.4 Å². The Morgan fingerprint density at radius 2 is 1.91 bits per heavy atom. The van der Waals surface area contributed by atoms with Crippen molar-refractivity contribution in [1.29, 1.82) is 0 Å². The number of aryl methyl sites for hydroxylation is 1. The lowest BCUT2D eigenvalue weighted by atomic mass is 9.97. The van der Waals surface area contributed by atoms with Crippen LogP contribution < -0.4 is 10.1 Å². The Morgan fingerprint density at radius 1 is 1.12 bits per heavy atom. The summed E-state index contributed by atoms with van der Waals surface area (Å²) in [5.74, 6) is 0.820. The van der Waals surface area contributed by atoms with Crippen molar-refractivity contribution in [3.8, 4) is 5.75 Å². The van der Waals surface area contributed by atoms with E-state index < -0.39 is 0 Å². The third kappa shape index (κ3) is 9.51. The number of methoxy groups -OCH3 is 1. The van der Waals surface area contributed by atoms with Crippen molar-refractivity contribution in [2.24, 2.45) is 0 Å². The highest BCUT2D eigenvalue weighted by atomic mass is 16.5. The second-order valence-electron chi connectivity index (χ2n) is 8.41. The van der Waals surface area contributed by atoms with Crippen LogP contribution in [-0.2, 0) is 11.2 Å². The maximum absolute atomic E-state index is 12.5. The Kier molecular flexibility index (Phi) is 11.3. The van der Waals surface area contributed by atoms with Crippen LogP contribution in [0.4, 0.5) is 0 Å². The fourth-order valence-corrected chi connectivity index (χ4v) is 3.71. The van der Waals surface area contributed by atoms with Gasteiger partial charge >= 0.3 is 0 Å². The highest BCUT2D eigenvalue weighted by Gasteiger charge is 2.07. The zero-order valence-electron chi connectivity index (χ0n) is 20.1. The normalized spacial score (nSPS) is 13.0. The molecule has 0 unspecified atom stereocenters. The fraction of sp³-hybridized carbons (Fsp3) is 0.429. The van der Waals surface area contributed by atoms with E-state index in [-0.39, 0.29) is 11.9 Å². The topological polar surface area (TPSA) is 51.2 Å². The number of rotatable bonds is 13. The quantitative estimate of drug-likeness (QED) is 0.222. The summed E-state index contributed by atoms with van der Waals surface area (Å²) in [5, 5.41) is 3.10. The molecule has 0 aliphatic rings. The van der Waals surface area contributed by atoms with Crippen LogP contribution in [0.5, 0.6) is 5.75 Å². The molecule has 0 bridgehead atoms. The predicted molar refractivity (Wildman–Crippen MR) is 134 cm³/mol. The number of carbonyl (C=O) groups is 1. The molecule has 1 N–H and O–H groups in total. The van der Waals surface area contributed by atoms with Crippen molar-refractivity contribution in [2.45, 2.75) is 71.8 Å². The van der Waals surface area contributed by atoms with Gasteiger partial charge in [0.15, 0.2) is 0 Å². The highest BCUT2D eigenvalue weighted by molar-refractivity contribution is 5.89. The molecule has 4 heteroatoms. The first-order valence-electron chi connectivity index (χ1n) is 11.7. The van der Waals surface area contributed by atoms with Gasteiger partial charge in [-0.1, -0.05) is 44.0 Å². The molecule has 0 fully saturated rings. The number of unbranched alkanes of at least 4 members (excludes halogenated alkanes) is 2. The third-order valence-electron chi connectivity index (χ3n) is 5.49. The van der Waals surface area contributed by atoms with Crippen LogP contribution in [-0.4, -0.2) is 24.0 Å². The lowest BCUT2D eigenvalue weighted by Gasteiger charge is -2.13. The summed E-state index contributed by atoms with van der Waals surface area (Å²) in [6.07, 6.45) is 15.0. The molecule has 2 rings (SSSR count).